The van der Waals surface area contributed by atoms with E-state index in [0.29, 0.717) is 24.0 Å². The molecule has 144 valence electrons. The first-order chi connectivity index (χ1) is 12.4. The summed E-state index contributed by atoms with van der Waals surface area (Å²) in [5, 5.41) is 3.05. The Hall–Kier alpha value is -1.76. The van der Waals surface area contributed by atoms with E-state index >= 15 is 0 Å². The number of fused-ring (bicyclic) bond motifs is 2. The maximum Gasteiger partial charge on any atom is 0.241 e. The molecule has 3 atom stereocenters. The third-order valence-electron chi connectivity index (χ3n) is 5.37. The molecular weight excluding hydrogens is 352 g/mol. The molecule has 0 heterocycles. The second kappa shape index (κ2) is 7.86. The Labute approximate surface area is 156 Å². The van der Waals surface area contributed by atoms with Gasteiger partial charge in [-0.2, -0.15) is 0 Å². The van der Waals surface area contributed by atoms with Gasteiger partial charge in [-0.25, -0.2) is 8.42 Å². The van der Waals surface area contributed by atoms with Crippen LogP contribution in [0.1, 0.15) is 39.0 Å². The van der Waals surface area contributed by atoms with E-state index in [4.69, 9.17) is 4.74 Å². The molecule has 0 radical (unpaired) electrons. The zero-order chi connectivity index (χ0) is 18.7. The van der Waals surface area contributed by atoms with Crippen molar-refractivity contribution in [3.05, 3.63) is 24.3 Å². The Morgan fingerprint density at radius 3 is 2.50 bits per heavy atom. The van der Waals surface area contributed by atoms with E-state index in [1.165, 1.54) is 19.3 Å². The van der Waals surface area contributed by atoms with Crippen molar-refractivity contribution in [2.75, 3.05) is 23.7 Å². The van der Waals surface area contributed by atoms with E-state index in [9.17, 15) is 13.2 Å². The average molecular weight is 381 g/mol. The van der Waals surface area contributed by atoms with Gasteiger partial charge in [0.2, 0.25) is 15.9 Å². The van der Waals surface area contributed by atoms with Crippen LogP contribution in [0, 0.1) is 11.8 Å². The van der Waals surface area contributed by atoms with Crippen LogP contribution in [0.15, 0.2) is 24.3 Å². The van der Waals surface area contributed by atoms with Crippen molar-refractivity contribution in [2.45, 2.75) is 45.1 Å². The molecule has 0 spiro atoms. The van der Waals surface area contributed by atoms with Gasteiger partial charge >= 0.3 is 0 Å². The lowest BCUT2D eigenvalue weighted by Crippen LogP contribution is -2.45. The van der Waals surface area contributed by atoms with Gasteiger partial charge in [0.1, 0.15) is 12.3 Å². The highest BCUT2D eigenvalue weighted by molar-refractivity contribution is 7.92. The molecular formula is C19H28N2O4S. The van der Waals surface area contributed by atoms with Gasteiger partial charge in [0.15, 0.2) is 0 Å². The van der Waals surface area contributed by atoms with Crippen molar-refractivity contribution in [3.8, 4) is 5.75 Å². The number of ether oxygens (including phenoxy) is 1. The van der Waals surface area contributed by atoms with Gasteiger partial charge in [0.25, 0.3) is 0 Å². The van der Waals surface area contributed by atoms with Gasteiger partial charge in [-0.3, -0.25) is 9.10 Å². The number of carbonyl (C=O) groups excluding carboxylic acids is 1. The predicted molar refractivity (Wildman–Crippen MR) is 102 cm³/mol. The molecule has 6 nitrogen and oxygen atoms in total. The van der Waals surface area contributed by atoms with E-state index < -0.39 is 10.0 Å². The third kappa shape index (κ3) is 4.50. The van der Waals surface area contributed by atoms with Crippen LogP contribution in [0.3, 0.4) is 0 Å². The topological polar surface area (TPSA) is 75.7 Å². The molecule has 2 fully saturated rings. The maximum absolute atomic E-state index is 12.5. The molecule has 7 heteroatoms. The molecule has 0 aliphatic heterocycles. The van der Waals surface area contributed by atoms with Crippen molar-refractivity contribution in [1.29, 1.82) is 0 Å². The van der Waals surface area contributed by atoms with E-state index in [-0.39, 0.29) is 18.5 Å². The van der Waals surface area contributed by atoms with Crippen LogP contribution in [0.2, 0.25) is 0 Å². The highest BCUT2D eigenvalue weighted by atomic mass is 32.2. The third-order valence-corrected chi connectivity index (χ3v) is 6.51. The summed E-state index contributed by atoms with van der Waals surface area (Å²) in [4.78, 5) is 12.5. The average Bonchev–Trinajstić information content (AvgIpc) is 3.20. The molecule has 2 saturated carbocycles. The van der Waals surface area contributed by atoms with Crippen LogP contribution in [0.25, 0.3) is 0 Å². The number of nitrogens with one attached hydrogen (secondary N) is 1. The Bertz CT molecular complexity index is 732. The summed E-state index contributed by atoms with van der Waals surface area (Å²) in [5.41, 5.74) is 0.472. The number of hydrogen-bond acceptors (Lipinski definition) is 4. The molecule has 2 aliphatic rings. The van der Waals surface area contributed by atoms with Crippen molar-refractivity contribution in [1.82, 2.24) is 5.32 Å². The first-order valence-corrected chi connectivity index (χ1v) is 11.2. The molecule has 0 aromatic heterocycles. The molecule has 1 amide bonds. The van der Waals surface area contributed by atoms with Crippen LogP contribution in [-0.2, 0) is 14.8 Å². The highest BCUT2D eigenvalue weighted by Gasteiger charge is 2.40. The Kier molecular flexibility index (Phi) is 5.75. The predicted octanol–water partition coefficient (Wildman–Crippen LogP) is 2.55. The van der Waals surface area contributed by atoms with Crippen LogP contribution in [0.5, 0.6) is 5.75 Å². The molecule has 2 aliphatic carbocycles. The largest absolute Gasteiger partial charge is 0.494 e. The van der Waals surface area contributed by atoms with E-state index in [1.54, 1.807) is 24.3 Å². The van der Waals surface area contributed by atoms with Crippen molar-refractivity contribution >= 4 is 21.6 Å². The van der Waals surface area contributed by atoms with Crippen LogP contribution >= 0.6 is 0 Å². The number of carbonyl (C=O) groups is 1. The normalized spacial score (nSPS) is 24.5. The quantitative estimate of drug-likeness (QED) is 0.752. The number of benzene rings is 1. The first kappa shape index (κ1) is 19.0. The minimum absolute atomic E-state index is 0.193. The SMILES string of the molecule is CCCOc1ccc(N(CC(=O)NC2CC3CCC2C3)S(C)(=O)=O)cc1. The summed E-state index contributed by atoms with van der Waals surface area (Å²) >= 11 is 0. The minimum Gasteiger partial charge on any atom is -0.494 e. The zero-order valence-corrected chi connectivity index (χ0v) is 16.3. The maximum atomic E-state index is 12.5. The van der Waals surface area contributed by atoms with E-state index in [1.807, 2.05) is 6.92 Å². The second-order valence-corrected chi connectivity index (χ2v) is 9.37. The summed E-state index contributed by atoms with van der Waals surface area (Å²) in [6, 6.07) is 7.02. The number of rotatable bonds is 8. The molecule has 1 aromatic rings. The summed E-state index contributed by atoms with van der Waals surface area (Å²) in [6.07, 6.45) is 6.68. The first-order valence-electron chi connectivity index (χ1n) is 9.36. The Morgan fingerprint density at radius 1 is 1.23 bits per heavy atom. The Balaban J connectivity index is 1.65. The van der Waals surface area contributed by atoms with E-state index in [0.717, 1.165) is 29.3 Å². The molecule has 1 aromatic carbocycles. The van der Waals surface area contributed by atoms with Gasteiger partial charge in [-0.15, -0.1) is 0 Å². The number of sulfonamides is 1. The fourth-order valence-corrected chi connectivity index (χ4v) is 4.99. The fourth-order valence-electron chi connectivity index (χ4n) is 4.13. The van der Waals surface area contributed by atoms with Gasteiger partial charge in [-0.1, -0.05) is 13.3 Å². The van der Waals surface area contributed by atoms with Gasteiger partial charge < -0.3 is 10.1 Å². The minimum atomic E-state index is -3.56. The molecule has 1 N–H and O–H groups in total. The summed E-state index contributed by atoms with van der Waals surface area (Å²) < 4.78 is 31.1. The monoisotopic (exact) mass is 380 g/mol. The standard InChI is InChI=1S/C19H28N2O4S/c1-3-10-25-17-8-6-16(7-9-17)21(26(2,23)24)13-19(22)20-18-12-14-4-5-15(18)11-14/h6-9,14-15,18H,3-5,10-13H2,1-2H3,(H,20,22). The number of anilines is 1. The fraction of sp³-hybridized carbons (Fsp3) is 0.632. The molecule has 2 bridgehead atoms. The van der Waals surface area contributed by atoms with Crippen LogP contribution < -0.4 is 14.4 Å². The summed E-state index contributed by atoms with van der Waals surface area (Å²) in [5.74, 6) is 1.74. The smallest absolute Gasteiger partial charge is 0.241 e. The Morgan fingerprint density at radius 2 is 1.96 bits per heavy atom. The van der Waals surface area contributed by atoms with Gasteiger partial charge in [-0.05, 0) is 61.8 Å². The second-order valence-electron chi connectivity index (χ2n) is 7.46. The van der Waals surface area contributed by atoms with Gasteiger partial charge in [0.05, 0.1) is 18.6 Å². The lowest BCUT2D eigenvalue weighted by atomic mass is 9.95. The summed E-state index contributed by atoms with van der Waals surface area (Å²) in [7, 11) is -3.56. The molecule has 3 unspecified atom stereocenters. The van der Waals surface area contributed by atoms with Gasteiger partial charge in [0, 0.05) is 6.04 Å². The highest BCUT2D eigenvalue weighted by Crippen LogP contribution is 2.44. The number of amides is 1. The van der Waals surface area contributed by atoms with Crippen LogP contribution in [-0.4, -0.2) is 39.8 Å². The number of hydrogen-bond donors (Lipinski definition) is 1. The zero-order valence-electron chi connectivity index (χ0n) is 15.5. The van der Waals surface area contributed by atoms with Crippen molar-refractivity contribution in [3.63, 3.8) is 0 Å². The summed E-state index contributed by atoms with van der Waals surface area (Å²) in [6.45, 7) is 2.44. The molecule has 26 heavy (non-hydrogen) atoms. The van der Waals surface area contributed by atoms with Crippen molar-refractivity contribution in [2.24, 2.45) is 11.8 Å². The number of nitrogens with zero attached hydrogens (tertiary/aromatic N) is 1. The van der Waals surface area contributed by atoms with Crippen molar-refractivity contribution < 1.29 is 17.9 Å². The lowest BCUT2D eigenvalue weighted by molar-refractivity contribution is -0.120. The molecule has 3 rings (SSSR count). The van der Waals surface area contributed by atoms with Crippen LogP contribution in [0.4, 0.5) is 5.69 Å². The lowest BCUT2D eigenvalue weighted by Gasteiger charge is -2.26. The molecule has 0 saturated heterocycles. The van der Waals surface area contributed by atoms with E-state index in [2.05, 4.69) is 5.32 Å².